The molecule has 0 spiro atoms. The second kappa shape index (κ2) is 7.09. The highest BCUT2D eigenvalue weighted by Gasteiger charge is 2.35. The molecule has 1 N–H and O–H groups in total. The molecule has 1 fully saturated rings. The molecule has 9 heteroatoms. The lowest BCUT2D eigenvalue weighted by molar-refractivity contribution is -0.384. The number of nitrogens with zero attached hydrogens (tertiary/aromatic N) is 2. The van der Waals surface area contributed by atoms with Crippen molar-refractivity contribution in [1.82, 2.24) is 0 Å². The van der Waals surface area contributed by atoms with Crippen molar-refractivity contribution < 1.29 is 18.9 Å². The molecule has 0 aromatic heterocycles. The zero-order chi connectivity index (χ0) is 18.8. The van der Waals surface area contributed by atoms with Crippen molar-refractivity contribution in [3.05, 3.63) is 63.4 Å². The average molecular weight is 378 g/mol. The molecule has 134 valence electrons. The Balaban J connectivity index is 1.73. The number of nitro groups is 1. The van der Waals surface area contributed by atoms with Gasteiger partial charge in [-0.25, -0.2) is 4.39 Å². The minimum atomic E-state index is -0.789. The van der Waals surface area contributed by atoms with E-state index in [1.54, 1.807) is 24.3 Å². The molecule has 0 radical (unpaired) electrons. The van der Waals surface area contributed by atoms with E-state index in [9.17, 15) is 24.1 Å². The van der Waals surface area contributed by atoms with Crippen LogP contribution in [0.15, 0.2) is 42.5 Å². The Labute approximate surface area is 152 Å². The van der Waals surface area contributed by atoms with Gasteiger partial charge in [0.25, 0.3) is 5.69 Å². The maximum atomic E-state index is 13.8. The number of benzene rings is 2. The fourth-order valence-electron chi connectivity index (χ4n) is 2.71. The molecular weight excluding hydrogens is 365 g/mol. The van der Waals surface area contributed by atoms with Gasteiger partial charge in [0.05, 0.1) is 16.5 Å². The summed E-state index contributed by atoms with van der Waals surface area (Å²) in [6.07, 6.45) is -0.0367. The monoisotopic (exact) mass is 377 g/mol. The van der Waals surface area contributed by atoms with E-state index in [1.165, 1.54) is 4.90 Å². The van der Waals surface area contributed by atoms with E-state index in [1.807, 2.05) is 0 Å². The van der Waals surface area contributed by atoms with Crippen molar-refractivity contribution >= 4 is 40.5 Å². The van der Waals surface area contributed by atoms with Crippen molar-refractivity contribution in [2.75, 3.05) is 16.8 Å². The van der Waals surface area contributed by atoms with E-state index in [0.717, 1.165) is 18.2 Å². The molecule has 3 rings (SSSR count). The fourth-order valence-corrected chi connectivity index (χ4v) is 2.84. The molecule has 1 aliphatic heterocycles. The Morgan fingerprint density at radius 1 is 1.27 bits per heavy atom. The van der Waals surface area contributed by atoms with E-state index < -0.39 is 22.6 Å². The molecule has 2 aromatic carbocycles. The van der Waals surface area contributed by atoms with E-state index in [-0.39, 0.29) is 30.2 Å². The summed E-state index contributed by atoms with van der Waals surface area (Å²) >= 11 is 5.82. The minimum absolute atomic E-state index is 0.0367. The van der Waals surface area contributed by atoms with Gasteiger partial charge in [0.1, 0.15) is 5.82 Å². The topological polar surface area (TPSA) is 92.5 Å². The van der Waals surface area contributed by atoms with Crippen LogP contribution in [-0.4, -0.2) is 23.3 Å². The lowest BCUT2D eigenvalue weighted by Crippen LogP contribution is -2.28. The molecule has 0 saturated carbocycles. The van der Waals surface area contributed by atoms with Crippen LogP contribution in [0.4, 0.5) is 21.5 Å². The number of halogens is 2. The second-order valence-corrected chi connectivity index (χ2v) is 6.23. The first kappa shape index (κ1) is 17.8. The predicted octanol–water partition coefficient (Wildman–Crippen LogP) is 3.38. The number of hydrogen-bond acceptors (Lipinski definition) is 4. The lowest BCUT2D eigenvalue weighted by Gasteiger charge is -2.16. The SMILES string of the molecule is O=C(Nc1cc([N+](=O)[O-])ccc1F)[C@@H]1CC(=O)N(c2ccc(Cl)cc2)C1. The summed E-state index contributed by atoms with van der Waals surface area (Å²) in [5, 5.41) is 13.6. The Bertz CT molecular complexity index is 888. The van der Waals surface area contributed by atoms with Crippen molar-refractivity contribution in [3.63, 3.8) is 0 Å². The van der Waals surface area contributed by atoms with Crippen LogP contribution >= 0.6 is 11.6 Å². The summed E-state index contributed by atoms with van der Waals surface area (Å²) in [5.74, 6) is -2.30. The largest absolute Gasteiger partial charge is 0.323 e. The van der Waals surface area contributed by atoms with Gasteiger partial charge >= 0.3 is 0 Å². The smallest absolute Gasteiger partial charge is 0.271 e. The Morgan fingerprint density at radius 2 is 1.96 bits per heavy atom. The van der Waals surface area contributed by atoms with E-state index in [4.69, 9.17) is 11.6 Å². The van der Waals surface area contributed by atoms with Crippen molar-refractivity contribution in [2.24, 2.45) is 5.92 Å². The maximum Gasteiger partial charge on any atom is 0.271 e. The fraction of sp³-hybridized carbons (Fsp3) is 0.176. The standard InChI is InChI=1S/C17H13ClFN3O4/c18-11-1-3-12(4-2-11)21-9-10(7-16(21)23)17(24)20-15-8-13(22(25)26)5-6-14(15)19/h1-6,8,10H,7,9H2,(H,20,24)/t10-/m1/s1. The van der Waals surface area contributed by atoms with Crippen LogP contribution in [0, 0.1) is 21.8 Å². The molecule has 2 amide bonds. The van der Waals surface area contributed by atoms with Gasteiger partial charge < -0.3 is 10.2 Å². The Hall–Kier alpha value is -3.00. The molecule has 1 heterocycles. The van der Waals surface area contributed by atoms with Gasteiger partial charge in [0.15, 0.2) is 0 Å². The molecule has 7 nitrogen and oxygen atoms in total. The zero-order valence-electron chi connectivity index (χ0n) is 13.3. The number of amides is 2. The number of carbonyl (C=O) groups is 2. The van der Waals surface area contributed by atoms with Crippen LogP contribution in [0.1, 0.15) is 6.42 Å². The van der Waals surface area contributed by atoms with Crippen LogP contribution < -0.4 is 10.2 Å². The van der Waals surface area contributed by atoms with E-state index in [0.29, 0.717) is 10.7 Å². The van der Waals surface area contributed by atoms with Crippen molar-refractivity contribution in [1.29, 1.82) is 0 Å². The van der Waals surface area contributed by atoms with Crippen molar-refractivity contribution in [3.8, 4) is 0 Å². The number of rotatable bonds is 4. The van der Waals surface area contributed by atoms with E-state index >= 15 is 0 Å². The number of non-ortho nitro benzene ring substituents is 1. The van der Waals surface area contributed by atoms with Crippen LogP contribution in [0.5, 0.6) is 0 Å². The average Bonchev–Trinajstić information content (AvgIpc) is 2.99. The van der Waals surface area contributed by atoms with Crippen LogP contribution in [0.3, 0.4) is 0 Å². The molecule has 26 heavy (non-hydrogen) atoms. The highest BCUT2D eigenvalue weighted by atomic mass is 35.5. The van der Waals surface area contributed by atoms with Gasteiger partial charge in [-0.2, -0.15) is 0 Å². The number of nitro benzene ring substituents is 1. The molecule has 0 bridgehead atoms. The molecule has 1 aliphatic rings. The molecule has 1 atom stereocenters. The van der Waals surface area contributed by atoms with E-state index in [2.05, 4.69) is 5.32 Å². The summed E-state index contributed by atoms with van der Waals surface area (Å²) in [4.78, 5) is 36.1. The first-order valence-corrected chi connectivity index (χ1v) is 8.03. The van der Waals surface area contributed by atoms with Crippen molar-refractivity contribution in [2.45, 2.75) is 6.42 Å². The highest BCUT2D eigenvalue weighted by Crippen LogP contribution is 2.28. The first-order chi connectivity index (χ1) is 12.3. The number of carbonyl (C=O) groups excluding carboxylic acids is 2. The summed E-state index contributed by atoms with van der Waals surface area (Å²) < 4.78 is 13.8. The first-order valence-electron chi connectivity index (χ1n) is 7.66. The summed E-state index contributed by atoms with van der Waals surface area (Å²) in [6.45, 7) is 0.128. The Morgan fingerprint density at radius 3 is 2.62 bits per heavy atom. The van der Waals surface area contributed by atoms with Gasteiger partial charge in [-0.3, -0.25) is 19.7 Å². The predicted molar refractivity (Wildman–Crippen MR) is 93.6 cm³/mol. The minimum Gasteiger partial charge on any atom is -0.323 e. The zero-order valence-corrected chi connectivity index (χ0v) is 14.1. The van der Waals surface area contributed by atoms with Gasteiger partial charge in [-0.05, 0) is 30.3 Å². The van der Waals surface area contributed by atoms with Gasteiger partial charge in [-0.15, -0.1) is 0 Å². The van der Waals surface area contributed by atoms with Crippen LogP contribution in [-0.2, 0) is 9.59 Å². The number of nitrogens with one attached hydrogen (secondary N) is 1. The second-order valence-electron chi connectivity index (χ2n) is 5.79. The normalized spacial score (nSPS) is 16.6. The van der Waals surface area contributed by atoms with Crippen LogP contribution in [0.25, 0.3) is 0 Å². The number of hydrogen-bond donors (Lipinski definition) is 1. The van der Waals surface area contributed by atoms with Gasteiger partial charge in [-0.1, -0.05) is 11.6 Å². The third-order valence-corrected chi connectivity index (χ3v) is 4.30. The molecule has 0 aliphatic carbocycles. The lowest BCUT2D eigenvalue weighted by atomic mass is 10.1. The summed E-state index contributed by atoms with van der Waals surface area (Å²) in [6, 6.07) is 9.47. The molecule has 2 aromatic rings. The third-order valence-electron chi connectivity index (χ3n) is 4.05. The third kappa shape index (κ3) is 3.65. The molecule has 1 saturated heterocycles. The quantitative estimate of drug-likeness (QED) is 0.653. The number of anilines is 2. The van der Waals surface area contributed by atoms with Gasteiger partial charge in [0, 0.05) is 35.8 Å². The molecular formula is C17H13ClFN3O4. The summed E-state index contributed by atoms with van der Waals surface area (Å²) in [7, 11) is 0. The maximum absolute atomic E-state index is 13.8. The highest BCUT2D eigenvalue weighted by molar-refractivity contribution is 6.30. The molecule has 0 unspecified atom stereocenters. The Kier molecular flexibility index (Phi) is 4.85. The summed E-state index contributed by atoms with van der Waals surface area (Å²) in [5.41, 5.74) is -0.0233. The van der Waals surface area contributed by atoms with Crippen LogP contribution in [0.2, 0.25) is 5.02 Å². The van der Waals surface area contributed by atoms with Gasteiger partial charge in [0.2, 0.25) is 11.8 Å².